The lowest BCUT2D eigenvalue weighted by Crippen LogP contribution is -2.09. The molecule has 3 rings (SSSR count). The highest BCUT2D eigenvalue weighted by Gasteiger charge is 2.17. The molecule has 0 saturated carbocycles. The number of anilines is 1. The number of carbonyl (C=O) groups is 2. The number of hydrogen-bond donors (Lipinski definition) is 1. The van der Waals surface area contributed by atoms with E-state index in [0.717, 1.165) is 16.2 Å². The zero-order chi connectivity index (χ0) is 20.3. The Bertz CT molecular complexity index is 999. The summed E-state index contributed by atoms with van der Waals surface area (Å²) in [6, 6.07) is 9.15. The monoisotopic (exact) mass is 424 g/mol. The zero-order valence-electron chi connectivity index (χ0n) is 14.7. The van der Waals surface area contributed by atoms with Crippen LogP contribution in [0.15, 0.2) is 36.4 Å². The number of thiophene rings is 1. The number of halogens is 2. The van der Waals surface area contributed by atoms with Crippen LogP contribution < -0.4 is 10.1 Å². The minimum Gasteiger partial charge on any atom is -0.465 e. The summed E-state index contributed by atoms with van der Waals surface area (Å²) in [4.78, 5) is 29.8. The lowest BCUT2D eigenvalue weighted by atomic mass is 10.1. The van der Waals surface area contributed by atoms with Crippen LogP contribution in [0.4, 0.5) is 13.9 Å². The topological polar surface area (TPSA) is 77.5 Å². The second-order valence-corrected chi connectivity index (χ2v) is 7.72. The summed E-state index contributed by atoms with van der Waals surface area (Å²) >= 11 is 2.31. The number of hydrogen-bond acceptors (Lipinski definition) is 7. The first-order valence-corrected chi connectivity index (χ1v) is 9.53. The van der Waals surface area contributed by atoms with E-state index >= 15 is 0 Å². The minimum absolute atomic E-state index is 0.0549. The van der Waals surface area contributed by atoms with Crippen LogP contribution in [0.25, 0.3) is 11.3 Å². The highest BCUT2D eigenvalue weighted by molar-refractivity contribution is 7.17. The Kier molecular flexibility index (Phi) is 6.00. The number of carbonyl (C=O) groups excluding carboxylic acids is 2. The highest BCUT2D eigenvalue weighted by Crippen LogP contribution is 2.32. The molecule has 2 heterocycles. The largest absolute Gasteiger partial charge is 0.465 e. The van der Waals surface area contributed by atoms with E-state index in [-0.39, 0.29) is 11.7 Å². The molecule has 146 valence electrons. The van der Waals surface area contributed by atoms with Crippen molar-refractivity contribution in [1.82, 2.24) is 4.98 Å². The third kappa shape index (κ3) is 4.52. The van der Waals surface area contributed by atoms with Crippen LogP contribution in [0.1, 0.15) is 24.2 Å². The van der Waals surface area contributed by atoms with E-state index in [1.807, 2.05) is 6.92 Å². The first-order chi connectivity index (χ1) is 13.4. The van der Waals surface area contributed by atoms with Gasteiger partial charge in [0, 0.05) is 10.4 Å². The fourth-order valence-corrected chi connectivity index (χ4v) is 3.99. The molecule has 0 atom stereocenters. The molecule has 28 heavy (non-hydrogen) atoms. The second kappa shape index (κ2) is 8.44. The summed E-state index contributed by atoms with van der Waals surface area (Å²) in [7, 11) is 1.27. The van der Waals surface area contributed by atoms with Gasteiger partial charge in [0.25, 0.3) is 5.91 Å². The van der Waals surface area contributed by atoms with Gasteiger partial charge in [-0.3, -0.25) is 10.1 Å². The number of esters is 1. The van der Waals surface area contributed by atoms with Crippen LogP contribution in [-0.2, 0) is 4.74 Å². The molecule has 0 radical (unpaired) electrons. The molecule has 0 saturated heterocycles. The van der Waals surface area contributed by atoms with Gasteiger partial charge in [-0.05, 0) is 43.3 Å². The van der Waals surface area contributed by atoms with Crippen molar-refractivity contribution in [3.05, 3.63) is 51.0 Å². The maximum atomic E-state index is 12.4. The molecule has 6 nitrogen and oxygen atoms in total. The molecule has 2 aromatic heterocycles. The van der Waals surface area contributed by atoms with Gasteiger partial charge in [0.1, 0.15) is 10.6 Å². The van der Waals surface area contributed by atoms with Crippen LogP contribution in [0.2, 0.25) is 0 Å². The van der Waals surface area contributed by atoms with Crippen molar-refractivity contribution < 1.29 is 27.8 Å². The normalized spacial score (nSPS) is 10.8. The third-order valence-corrected chi connectivity index (χ3v) is 5.54. The van der Waals surface area contributed by atoms with Gasteiger partial charge in [0.2, 0.25) is 0 Å². The van der Waals surface area contributed by atoms with E-state index in [1.165, 1.54) is 42.7 Å². The maximum Gasteiger partial charge on any atom is 0.387 e. The van der Waals surface area contributed by atoms with Gasteiger partial charge in [0.05, 0.1) is 17.7 Å². The SMILES string of the molecule is COC(=O)c1ccc(C(=O)Nc2nc(-c3ccc(OC(F)F)cc3)c(C)s2)s1. The number of ether oxygens (including phenoxy) is 2. The average molecular weight is 424 g/mol. The predicted molar refractivity (Wildman–Crippen MR) is 103 cm³/mol. The molecule has 0 fully saturated rings. The fourth-order valence-electron chi connectivity index (χ4n) is 2.34. The zero-order valence-corrected chi connectivity index (χ0v) is 16.3. The minimum atomic E-state index is -2.88. The van der Waals surface area contributed by atoms with Crippen LogP contribution in [0.5, 0.6) is 5.75 Å². The van der Waals surface area contributed by atoms with Gasteiger partial charge >= 0.3 is 12.6 Å². The molecule has 0 bridgehead atoms. The van der Waals surface area contributed by atoms with Crippen LogP contribution in [0, 0.1) is 6.92 Å². The van der Waals surface area contributed by atoms with Crippen molar-refractivity contribution in [3.8, 4) is 17.0 Å². The smallest absolute Gasteiger partial charge is 0.387 e. The van der Waals surface area contributed by atoms with Gasteiger partial charge in [-0.2, -0.15) is 8.78 Å². The fraction of sp³-hybridized carbons (Fsp3) is 0.167. The number of nitrogens with one attached hydrogen (secondary N) is 1. The number of aromatic nitrogens is 1. The Morgan fingerprint density at radius 1 is 1.07 bits per heavy atom. The number of thiazole rings is 1. The molecule has 0 spiro atoms. The second-order valence-electron chi connectivity index (χ2n) is 5.44. The molecular formula is C18H14F2N2O4S2. The van der Waals surface area contributed by atoms with Gasteiger partial charge in [-0.1, -0.05) is 0 Å². The van der Waals surface area contributed by atoms with E-state index < -0.39 is 12.6 Å². The Labute approximate surface area is 166 Å². The Morgan fingerprint density at radius 2 is 1.75 bits per heavy atom. The number of alkyl halides is 2. The molecule has 0 aliphatic carbocycles. The first kappa shape index (κ1) is 19.9. The lowest BCUT2D eigenvalue weighted by Gasteiger charge is -2.05. The molecule has 1 aromatic carbocycles. The lowest BCUT2D eigenvalue weighted by molar-refractivity contribution is -0.0498. The van der Waals surface area contributed by atoms with E-state index in [9.17, 15) is 18.4 Å². The van der Waals surface area contributed by atoms with E-state index in [1.54, 1.807) is 12.1 Å². The molecule has 0 aliphatic rings. The van der Waals surface area contributed by atoms with Crippen molar-refractivity contribution in [2.75, 3.05) is 12.4 Å². The van der Waals surface area contributed by atoms with Gasteiger partial charge in [0.15, 0.2) is 5.13 Å². The number of amides is 1. The molecule has 1 N–H and O–H groups in total. The summed E-state index contributed by atoms with van der Waals surface area (Å²) < 4.78 is 33.4. The molecule has 0 unspecified atom stereocenters. The summed E-state index contributed by atoms with van der Waals surface area (Å²) in [6.45, 7) is -1.04. The van der Waals surface area contributed by atoms with Crippen molar-refractivity contribution in [1.29, 1.82) is 0 Å². The van der Waals surface area contributed by atoms with Gasteiger partial charge in [-0.25, -0.2) is 9.78 Å². The summed E-state index contributed by atoms with van der Waals surface area (Å²) in [5.74, 6) is -0.837. The summed E-state index contributed by atoms with van der Waals surface area (Å²) in [5.41, 5.74) is 1.34. The van der Waals surface area contributed by atoms with Crippen molar-refractivity contribution in [2.45, 2.75) is 13.5 Å². The standard InChI is InChI=1S/C18H14F2N2O4S2/c1-9-14(10-3-5-11(6-4-10)26-17(19)20)21-18(27-9)22-15(23)12-7-8-13(28-12)16(24)25-2/h3-8,17H,1-2H3,(H,21,22,23). The van der Waals surface area contributed by atoms with Crippen LogP contribution in [-0.4, -0.2) is 30.6 Å². The summed E-state index contributed by atoms with van der Waals surface area (Å²) in [6.07, 6.45) is 0. The maximum absolute atomic E-state index is 12.4. The molecule has 0 aliphatic heterocycles. The number of rotatable bonds is 6. The van der Waals surface area contributed by atoms with Gasteiger partial charge < -0.3 is 9.47 Å². The third-order valence-electron chi connectivity index (χ3n) is 3.59. The number of benzene rings is 1. The number of methoxy groups -OCH3 is 1. The highest BCUT2D eigenvalue weighted by atomic mass is 32.1. The van der Waals surface area contributed by atoms with Gasteiger partial charge in [-0.15, -0.1) is 22.7 Å². The molecule has 3 aromatic rings. The molecule has 10 heteroatoms. The quantitative estimate of drug-likeness (QED) is 0.574. The van der Waals surface area contributed by atoms with Crippen LogP contribution >= 0.6 is 22.7 Å². The van der Waals surface area contributed by atoms with E-state index in [2.05, 4.69) is 19.8 Å². The van der Waals surface area contributed by atoms with Crippen LogP contribution in [0.3, 0.4) is 0 Å². The first-order valence-electron chi connectivity index (χ1n) is 7.89. The van der Waals surface area contributed by atoms with E-state index in [4.69, 9.17) is 0 Å². The Hall–Kier alpha value is -2.85. The Morgan fingerprint density at radius 3 is 2.39 bits per heavy atom. The summed E-state index contributed by atoms with van der Waals surface area (Å²) in [5, 5.41) is 3.09. The molecule has 1 amide bonds. The van der Waals surface area contributed by atoms with Crippen molar-refractivity contribution >= 4 is 39.7 Å². The predicted octanol–water partition coefficient (Wildman–Crippen LogP) is 4.82. The van der Waals surface area contributed by atoms with E-state index in [0.29, 0.717) is 26.1 Å². The van der Waals surface area contributed by atoms with Crippen molar-refractivity contribution in [2.24, 2.45) is 0 Å². The average Bonchev–Trinajstić information content (AvgIpc) is 3.28. The van der Waals surface area contributed by atoms with Crippen molar-refractivity contribution in [3.63, 3.8) is 0 Å². The number of aryl methyl sites for hydroxylation is 1. The number of nitrogens with zero attached hydrogens (tertiary/aromatic N) is 1. The molecular weight excluding hydrogens is 410 g/mol. The Balaban J connectivity index is 1.74.